The molecule has 0 aromatic heterocycles. The van der Waals surface area contributed by atoms with E-state index >= 15 is 0 Å². The molecular formula is C17H25NO2. The molecule has 0 aliphatic heterocycles. The lowest BCUT2D eigenvalue weighted by atomic mass is 10.3. The maximum atomic E-state index is 5.75. The second-order valence-corrected chi connectivity index (χ2v) is 4.54. The third-order valence-electron chi connectivity index (χ3n) is 2.97. The summed E-state index contributed by atoms with van der Waals surface area (Å²) in [6.45, 7) is 11.1. The van der Waals surface area contributed by atoms with Gasteiger partial charge in [-0.05, 0) is 31.5 Å². The van der Waals surface area contributed by atoms with Crippen molar-refractivity contribution in [2.75, 3.05) is 33.4 Å². The van der Waals surface area contributed by atoms with Crippen molar-refractivity contribution < 1.29 is 9.47 Å². The van der Waals surface area contributed by atoms with Crippen LogP contribution in [0.2, 0.25) is 0 Å². The summed E-state index contributed by atoms with van der Waals surface area (Å²) in [5.41, 5.74) is 0. The van der Waals surface area contributed by atoms with Gasteiger partial charge in [-0.3, -0.25) is 4.90 Å². The Morgan fingerprint density at radius 2 is 1.70 bits per heavy atom. The fraction of sp³-hybridized carbons (Fsp3) is 0.412. The fourth-order valence-electron chi connectivity index (χ4n) is 1.98. The van der Waals surface area contributed by atoms with E-state index in [9.17, 15) is 0 Å². The van der Waals surface area contributed by atoms with Crippen molar-refractivity contribution >= 4 is 0 Å². The SMILES string of the molecule is C=CCN(CC=C)CCCCOc1ccccc1OC. The molecule has 0 heterocycles. The van der Waals surface area contributed by atoms with E-state index in [4.69, 9.17) is 9.47 Å². The van der Waals surface area contributed by atoms with Crippen molar-refractivity contribution in [1.82, 2.24) is 4.90 Å². The maximum Gasteiger partial charge on any atom is 0.161 e. The molecule has 20 heavy (non-hydrogen) atoms. The minimum Gasteiger partial charge on any atom is -0.493 e. The zero-order valence-corrected chi connectivity index (χ0v) is 12.4. The molecule has 1 aromatic rings. The van der Waals surface area contributed by atoms with E-state index in [1.54, 1.807) is 7.11 Å². The van der Waals surface area contributed by atoms with Crippen molar-refractivity contribution in [3.05, 3.63) is 49.6 Å². The zero-order valence-electron chi connectivity index (χ0n) is 12.4. The largest absolute Gasteiger partial charge is 0.493 e. The van der Waals surface area contributed by atoms with E-state index in [-0.39, 0.29) is 0 Å². The molecule has 0 bridgehead atoms. The molecule has 0 aliphatic carbocycles. The Morgan fingerprint density at radius 1 is 1.05 bits per heavy atom. The van der Waals surface area contributed by atoms with Crippen LogP contribution >= 0.6 is 0 Å². The highest BCUT2D eigenvalue weighted by Gasteiger charge is 2.03. The number of hydrogen-bond acceptors (Lipinski definition) is 3. The first-order valence-electron chi connectivity index (χ1n) is 7.01. The minimum atomic E-state index is 0.705. The van der Waals surface area contributed by atoms with Crippen LogP contribution in [0.1, 0.15) is 12.8 Å². The lowest BCUT2D eigenvalue weighted by Gasteiger charge is -2.18. The third kappa shape index (κ3) is 5.93. The van der Waals surface area contributed by atoms with Gasteiger partial charge >= 0.3 is 0 Å². The molecule has 0 saturated carbocycles. The molecule has 0 fully saturated rings. The molecule has 0 spiro atoms. The monoisotopic (exact) mass is 275 g/mol. The lowest BCUT2D eigenvalue weighted by molar-refractivity contribution is 0.268. The van der Waals surface area contributed by atoms with Gasteiger partial charge in [-0.25, -0.2) is 0 Å². The molecule has 0 atom stereocenters. The summed E-state index contributed by atoms with van der Waals surface area (Å²) in [4.78, 5) is 2.31. The molecule has 3 nitrogen and oxygen atoms in total. The normalized spacial score (nSPS) is 10.3. The van der Waals surface area contributed by atoms with Crippen molar-refractivity contribution in [3.8, 4) is 11.5 Å². The quantitative estimate of drug-likeness (QED) is 0.455. The van der Waals surface area contributed by atoms with Crippen LogP contribution in [0.4, 0.5) is 0 Å². The molecule has 0 saturated heterocycles. The van der Waals surface area contributed by atoms with E-state index in [1.807, 2.05) is 36.4 Å². The average molecular weight is 275 g/mol. The van der Waals surface area contributed by atoms with E-state index in [2.05, 4.69) is 18.1 Å². The van der Waals surface area contributed by atoms with Crippen LogP contribution in [0.15, 0.2) is 49.6 Å². The van der Waals surface area contributed by atoms with Gasteiger partial charge in [-0.1, -0.05) is 24.3 Å². The topological polar surface area (TPSA) is 21.7 Å². The summed E-state index contributed by atoms with van der Waals surface area (Å²) in [6, 6.07) is 7.73. The minimum absolute atomic E-state index is 0.705. The molecule has 0 unspecified atom stereocenters. The van der Waals surface area contributed by atoms with E-state index in [1.165, 1.54) is 0 Å². The van der Waals surface area contributed by atoms with Crippen molar-refractivity contribution in [1.29, 1.82) is 0 Å². The Hall–Kier alpha value is -1.74. The van der Waals surface area contributed by atoms with Gasteiger partial charge < -0.3 is 9.47 Å². The summed E-state index contributed by atoms with van der Waals surface area (Å²) in [5, 5.41) is 0. The number of ether oxygens (including phenoxy) is 2. The standard InChI is InChI=1S/C17H25NO2/c1-4-12-18(13-5-2)14-8-9-15-20-17-11-7-6-10-16(17)19-3/h4-7,10-11H,1-2,8-9,12-15H2,3H3. The van der Waals surface area contributed by atoms with E-state index in [0.29, 0.717) is 6.61 Å². The Labute approximate surface area is 122 Å². The van der Waals surface area contributed by atoms with Gasteiger partial charge in [-0.15, -0.1) is 13.2 Å². The first-order valence-corrected chi connectivity index (χ1v) is 7.01. The number of benzene rings is 1. The first kappa shape index (κ1) is 16.3. The molecule has 0 aliphatic rings. The smallest absolute Gasteiger partial charge is 0.161 e. The van der Waals surface area contributed by atoms with Crippen LogP contribution in [0.25, 0.3) is 0 Å². The number of nitrogens with zero attached hydrogens (tertiary/aromatic N) is 1. The van der Waals surface area contributed by atoms with Crippen LogP contribution in [-0.2, 0) is 0 Å². The highest BCUT2D eigenvalue weighted by molar-refractivity contribution is 5.39. The molecule has 3 heteroatoms. The summed E-state index contributed by atoms with van der Waals surface area (Å²) in [7, 11) is 1.66. The molecule has 110 valence electrons. The molecule has 0 N–H and O–H groups in total. The van der Waals surface area contributed by atoms with Gasteiger partial charge in [0, 0.05) is 13.1 Å². The Kier molecular flexibility index (Phi) is 8.24. The van der Waals surface area contributed by atoms with E-state index in [0.717, 1.165) is 44.0 Å². The lowest BCUT2D eigenvalue weighted by Crippen LogP contribution is -2.25. The van der Waals surface area contributed by atoms with Crippen molar-refractivity contribution in [2.24, 2.45) is 0 Å². The maximum absolute atomic E-state index is 5.75. The summed E-state index contributed by atoms with van der Waals surface area (Å²) in [6.07, 6.45) is 5.96. The molecule has 1 rings (SSSR count). The van der Waals surface area contributed by atoms with Crippen LogP contribution < -0.4 is 9.47 Å². The van der Waals surface area contributed by atoms with Crippen molar-refractivity contribution in [2.45, 2.75) is 12.8 Å². The molecule has 1 aromatic carbocycles. The summed E-state index contributed by atoms with van der Waals surface area (Å²) in [5.74, 6) is 1.59. The predicted molar refractivity (Wildman–Crippen MR) is 84.6 cm³/mol. The highest BCUT2D eigenvalue weighted by atomic mass is 16.5. The number of para-hydroxylation sites is 2. The van der Waals surface area contributed by atoms with Gasteiger partial charge in [0.1, 0.15) is 0 Å². The first-order chi connectivity index (χ1) is 9.81. The molecular weight excluding hydrogens is 250 g/mol. The number of rotatable bonds is 11. The van der Waals surface area contributed by atoms with Gasteiger partial charge in [0.25, 0.3) is 0 Å². The van der Waals surface area contributed by atoms with Gasteiger partial charge in [-0.2, -0.15) is 0 Å². The van der Waals surface area contributed by atoms with E-state index < -0.39 is 0 Å². The van der Waals surface area contributed by atoms with Gasteiger partial charge in [0.05, 0.1) is 13.7 Å². The van der Waals surface area contributed by atoms with Crippen LogP contribution in [0.5, 0.6) is 11.5 Å². The average Bonchev–Trinajstić information content (AvgIpc) is 2.47. The van der Waals surface area contributed by atoms with Gasteiger partial charge in [0.2, 0.25) is 0 Å². The summed E-state index contributed by atoms with van der Waals surface area (Å²) >= 11 is 0. The number of methoxy groups -OCH3 is 1. The zero-order chi connectivity index (χ0) is 14.6. The van der Waals surface area contributed by atoms with Crippen LogP contribution in [0, 0.1) is 0 Å². The third-order valence-corrected chi connectivity index (χ3v) is 2.97. The summed E-state index contributed by atoms with van der Waals surface area (Å²) < 4.78 is 11.0. The van der Waals surface area contributed by atoms with Crippen LogP contribution in [-0.4, -0.2) is 38.3 Å². The number of hydrogen-bond donors (Lipinski definition) is 0. The van der Waals surface area contributed by atoms with Crippen molar-refractivity contribution in [3.63, 3.8) is 0 Å². The second-order valence-electron chi connectivity index (χ2n) is 4.54. The number of unbranched alkanes of at least 4 members (excludes halogenated alkanes) is 1. The highest BCUT2D eigenvalue weighted by Crippen LogP contribution is 2.25. The predicted octanol–water partition coefficient (Wildman–Crippen LogP) is 3.53. The molecule has 0 amide bonds. The Bertz CT molecular complexity index is 394. The van der Waals surface area contributed by atoms with Gasteiger partial charge in [0.15, 0.2) is 11.5 Å². The Morgan fingerprint density at radius 3 is 2.30 bits per heavy atom. The Balaban J connectivity index is 2.24. The molecule has 0 radical (unpaired) electrons. The fourth-order valence-corrected chi connectivity index (χ4v) is 1.98. The second kappa shape index (κ2) is 10.1. The van der Waals surface area contributed by atoms with Crippen LogP contribution in [0.3, 0.4) is 0 Å².